The number of urea groups is 1. The van der Waals surface area contributed by atoms with Gasteiger partial charge in [-0.2, -0.15) is 0 Å². The van der Waals surface area contributed by atoms with Crippen molar-refractivity contribution < 1.29 is 4.79 Å². The van der Waals surface area contributed by atoms with Crippen molar-refractivity contribution in [2.45, 2.75) is 6.92 Å². The maximum atomic E-state index is 11.9. The monoisotopic (exact) mass is 309 g/mol. The molecule has 4 nitrogen and oxygen atoms in total. The summed E-state index contributed by atoms with van der Waals surface area (Å²) in [6.45, 7) is 1.89. The first-order chi connectivity index (χ1) is 9.45. The average molecular weight is 310 g/mol. The van der Waals surface area contributed by atoms with Crippen LogP contribution in [0.5, 0.6) is 0 Å². The molecule has 104 valence electrons. The van der Waals surface area contributed by atoms with Crippen molar-refractivity contribution in [1.29, 1.82) is 0 Å². The number of amides is 2. The number of carbonyl (C=O) groups excluding carboxylic acids is 1. The fourth-order valence-corrected chi connectivity index (χ4v) is 1.94. The molecule has 6 heteroatoms. The minimum Gasteiger partial charge on any atom is -0.397 e. The van der Waals surface area contributed by atoms with Crippen LogP contribution >= 0.6 is 23.2 Å². The SMILES string of the molecule is Cc1ccc(NC(=O)Nc2cc(Cl)ccc2N)cc1Cl. The molecular weight excluding hydrogens is 297 g/mol. The number of rotatable bonds is 2. The second-order valence-electron chi connectivity index (χ2n) is 4.27. The molecule has 0 unspecified atom stereocenters. The van der Waals surface area contributed by atoms with Gasteiger partial charge in [0.15, 0.2) is 0 Å². The predicted octanol–water partition coefficient (Wildman–Crippen LogP) is 4.53. The number of nitrogen functional groups attached to an aromatic ring is 1. The highest BCUT2D eigenvalue weighted by molar-refractivity contribution is 6.32. The van der Waals surface area contributed by atoms with Gasteiger partial charge in [0.2, 0.25) is 0 Å². The molecule has 4 N–H and O–H groups in total. The molecule has 0 aliphatic heterocycles. The summed E-state index contributed by atoms with van der Waals surface area (Å²) in [5, 5.41) is 6.38. The van der Waals surface area contributed by atoms with Gasteiger partial charge in [-0.05, 0) is 42.8 Å². The van der Waals surface area contributed by atoms with E-state index in [2.05, 4.69) is 10.6 Å². The summed E-state index contributed by atoms with van der Waals surface area (Å²) >= 11 is 11.8. The number of halogens is 2. The number of carbonyl (C=O) groups is 1. The molecule has 2 amide bonds. The van der Waals surface area contributed by atoms with Gasteiger partial charge in [-0.15, -0.1) is 0 Å². The van der Waals surface area contributed by atoms with Crippen LogP contribution in [0.2, 0.25) is 10.0 Å². The molecule has 0 radical (unpaired) electrons. The highest BCUT2D eigenvalue weighted by Gasteiger charge is 2.07. The minimum atomic E-state index is -0.418. The van der Waals surface area contributed by atoms with Crippen LogP contribution in [-0.2, 0) is 0 Å². The van der Waals surface area contributed by atoms with E-state index in [0.717, 1.165) is 5.56 Å². The summed E-state index contributed by atoms with van der Waals surface area (Å²) in [5.74, 6) is 0. The van der Waals surface area contributed by atoms with E-state index in [1.807, 2.05) is 13.0 Å². The topological polar surface area (TPSA) is 67.2 Å². The van der Waals surface area contributed by atoms with Crippen LogP contribution in [-0.4, -0.2) is 6.03 Å². The largest absolute Gasteiger partial charge is 0.397 e. The first-order valence-electron chi connectivity index (χ1n) is 5.85. The molecule has 0 aromatic heterocycles. The lowest BCUT2D eigenvalue weighted by molar-refractivity contribution is 0.262. The third kappa shape index (κ3) is 3.56. The predicted molar refractivity (Wildman–Crippen MR) is 84.7 cm³/mol. The number of aryl methyl sites for hydroxylation is 1. The van der Waals surface area contributed by atoms with Gasteiger partial charge in [0.1, 0.15) is 0 Å². The van der Waals surface area contributed by atoms with Crippen LogP contribution < -0.4 is 16.4 Å². The Hall–Kier alpha value is -1.91. The Kier molecular flexibility index (Phi) is 4.37. The minimum absolute atomic E-state index is 0.418. The molecule has 0 atom stereocenters. The molecular formula is C14H13Cl2N3O. The van der Waals surface area contributed by atoms with Gasteiger partial charge < -0.3 is 16.4 Å². The molecule has 0 bridgehead atoms. The van der Waals surface area contributed by atoms with Crippen LogP contribution in [0, 0.1) is 6.92 Å². The first-order valence-corrected chi connectivity index (χ1v) is 6.60. The number of hydrogen-bond acceptors (Lipinski definition) is 2. The smallest absolute Gasteiger partial charge is 0.323 e. The van der Waals surface area contributed by atoms with Gasteiger partial charge in [-0.25, -0.2) is 4.79 Å². The maximum Gasteiger partial charge on any atom is 0.323 e. The van der Waals surface area contributed by atoms with E-state index in [1.54, 1.807) is 30.3 Å². The van der Waals surface area contributed by atoms with E-state index in [0.29, 0.717) is 27.1 Å². The van der Waals surface area contributed by atoms with E-state index >= 15 is 0 Å². The molecule has 0 saturated carbocycles. The summed E-state index contributed by atoms with van der Waals surface area (Å²) in [5.41, 5.74) is 8.18. The molecule has 0 aliphatic carbocycles. The highest BCUT2D eigenvalue weighted by Crippen LogP contribution is 2.24. The zero-order valence-electron chi connectivity index (χ0n) is 10.7. The summed E-state index contributed by atoms with van der Waals surface area (Å²) in [4.78, 5) is 11.9. The van der Waals surface area contributed by atoms with Gasteiger partial charge in [0.25, 0.3) is 0 Å². The maximum absolute atomic E-state index is 11.9. The number of anilines is 3. The van der Waals surface area contributed by atoms with Crippen LogP contribution in [0.4, 0.5) is 21.9 Å². The third-order valence-electron chi connectivity index (χ3n) is 2.69. The lowest BCUT2D eigenvalue weighted by atomic mass is 10.2. The second kappa shape index (κ2) is 6.03. The molecule has 20 heavy (non-hydrogen) atoms. The fraction of sp³-hybridized carbons (Fsp3) is 0.0714. The second-order valence-corrected chi connectivity index (χ2v) is 5.12. The van der Waals surface area contributed by atoms with Crippen molar-refractivity contribution >= 4 is 46.3 Å². The average Bonchev–Trinajstić information content (AvgIpc) is 2.38. The Morgan fingerprint density at radius 2 is 1.85 bits per heavy atom. The van der Waals surface area contributed by atoms with Crippen molar-refractivity contribution in [3.63, 3.8) is 0 Å². The Morgan fingerprint density at radius 3 is 2.55 bits per heavy atom. The van der Waals surface area contributed by atoms with E-state index < -0.39 is 6.03 Å². The normalized spacial score (nSPS) is 10.2. The number of hydrogen-bond donors (Lipinski definition) is 3. The van der Waals surface area contributed by atoms with E-state index in [-0.39, 0.29) is 0 Å². The Morgan fingerprint density at radius 1 is 1.10 bits per heavy atom. The zero-order chi connectivity index (χ0) is 14.7. The van der Waals surface area contributed by atoms with Crippen molar-refractivity contribution in [2.24, 2.45) is 0 Å². The van der Waals surface area contributed by atoms with Crippen molar-refractivity contribution in [3.05, 3.63) is 52.0 Å². The summed E-state index contributed by atoms with van der Waals surface area (Å²) in [7, 11) is 0. The molecule has 0 fully saturated rings. The number of nitrogens with two attached hydrogens (primary N) is 1. The number of nitrogens with one attached hydrogen (secondary N) is 2. The molecule has 0 heterocycles. The van der Waals surface area contributed by atoms with Crippen molar-refractivity contribution in [2.75, 3.05) is 16.4 Å². The quantitative estimate of drug-likeness (QED) is 0.713. The van der Waals surface area contributed by atoms with Crippen LogP contribution in [0.15, 0.2) is 36.4 Å². The molecule has 2 rings (SSSR count). The Labute approximate surface area is 126 Å². The molecule has 0 saturated heterocycles. The van der Waals surface area contributed by atoms with E-state index in [4.69, 9.17) is 28.9 Å². The molecule has 2 aromatic rings. The zero-order valence-corrected chi connectivity index (χ0v) is 12.2. The fourth-order valence-electron chi connectivity index (χ4n) is 1.59. The summed E-state index contributed by atoms with van der Waals surface area (Å²) in [6, 6.07) is 9.71. The van der Waals surface area contributed by atoms with Crippen molar-refractivity contribution in [1.82, 2.24) is 0 Å². The van der Waals surface area contributed by atoms with Crippen molar-refractivity contribution in [3.8, 4) is 0 Å². The van der Waals surface area contributed by atoms with Gasteiger partial charge >= 0.3 is 6.03 Å². The summed E-state index contributed by atoms with van der Waals surface area (Å²) < 4.78 is 0. The van der Waals surface area contributed by atoms with Gasteiger partial charge in [0, 0.05) is 15.7 Å². The van der Waals surface area contributed by atoms with Gasteiger partial charge in [0.05, 0.1) is 11.4 Å². The lowest BCUT2D eigenvalue weighted by Crippen LogP contribution is -2.20. The standard InChI is InChI=1S/C14H13Cl2N3O/c1-8-2-4-10(7-11(8)16)18-14(20)19-13-6-9(15)3-5-12(13)17/h2-7H,17H2,1H3,(H2,18,19,20). The lowest BCUT2D eigenvalue weighted by Gasteiger charge is -2.10. The van der Waals surface area contributed by atoms with Crippen LogP contribution in [0.1, 0.15) is 5.56 Å². The number of benzene rings is 2. The Bertz CT molecular complexity index is 659. The van der Waals surface area contributed by atoms with E-state index in [9.17, 15) is 4.79 Å². The van der Waals surface area contributed by atoms with Crippen LogP contribution in [0.25, 0.3) is 0 Å². The van der Waals surface area contributed by atoms with E-state index in [1.165, 1.54) is 0 Å². The molecule has 0 spiro atoms. The van der Waals surface area contributed by atoms with Crippen LogP contribution in [0.3, 0.4) is 0 Å². The highest BCUT2D eigenvalue weighted by atomic mass is 35.5. The Balaban J connectivity index is 2.09. The van der Waals surface area contributed by atoms with Gasteiger partial charge in [-0.3, -0.25) is 0 Å². The first kappa shape index (κ1) is 14.5. The molecule has 2 aromatic carbocycles. The summed E-state index contributed by atoms with van der Waals surface area (Å²) in [6.07, 6.45) is 0. The molecule has 0 aliphatic rings. The van der Waals surface area contributed by atoms with Gasteiger partial charge in [-0.1, -0.05) is 29.3 Å². The third-order valence-corrected chi connectivity index (χ3v) is 3.34.